The lowest BCUT2D eigenvalue weighted by atomic mass is 9.98. The number of amides is 1. The molecule has 0 bridgehead atoms. The second kappa shape index (κ2) is 9.01. The smallest absolute Gasteiger partial charge is 0.407 e. The molecule has 1 aromatic heterocycles. The standard InChI is InChI=1S/C26H27N3O3/c30-19-6-5-13-29(16-19)25-14-18(11-12-27-25)15-28-26(31)32-17-24-22-9-3-1-7-20(22)21-8-2-4-10-23(21)24/h1-4,7-12,14,19,24,30H,5-6,13,15-17H2,(H,28,31). The first-order valence-corrected chi connectivity index (χ1v) is 11.2. The molecule has 164 valence electrons. The summed E-state index contributed by atoms with van der Waals surface area (Å²) in [6, 6.07) is 20.4. The third-order valence-corrected chi connectivity index (χ3v) is 6.31. The number of aromatic nitrogens is 1. The maximum Gasteiger partial charge on any atom is 0.407 e. The van der Waals surface area contributed by atoms with Crippen molar-refractivity contribution in [2.24, 2.45) is 0 Å². The summed E-state index contributed by atoms with van der Waals surface area (Å²) in [5.41, 5.74) is 5.77. The first-order chi connectivity index (χ1) is 15.7. The maximum atomic E-state index is 12.4. The average Bonchev–Trinajstić information content (AvgIpc) is 3.15. The average molecular weight is 430 g/mol. The maximum absolute atomic E-state index is 12.4. The van der Waals surface area contributed by atoms with Gasteiger partial charge in [0.15, 0.2) is 0 Å². The number of ether oxygens (including phenoxy) is 1. The monoisotopic (exact) mass is 429 g/mol. The molecule has 1 amide bonds. The number of aliphatic hydroxyl groups excluding tert-OH is 1. The second-order valence-corrected chi connectivity index (χ2v) is 8.44. The molecule has 1 atom stereocenters. The minimum Gasteiger partial charge on any atom is -0.449 e. The van der Waals surface area contributed by atoms with Gasteiger partial charge in [-0.2, -0.15) is 0 Å². The fourth-order valence-electron chi connectivity index (χ4n) is 4.73. The number of benzene rings is 2. The number of fused-ring (bicyclic) bond motifs is 3. The molecule has 2 aromatic carbocycles. The minimum absolute atomic E-state index is 0.0474. The highest BCUT2D eigenvalue weighted by Crippen LogP contribution is 2.44. The number of carbonyl (C=O) groups is 1. The summed E-state index contributed by atoms with van der Waals surface area (Å²) in [4.78, 5) is 18.9. The Balaban J connectivity index is 1.19. The number of alkyl carbamates (subject to hydrolysis) is 1. The van der Waals surface area contributed by atoms with E-state index < -0.39 is 6.09 Å². The molecule has 1 aliphatic carbocycles. The molecule has 5 rings (SSSR count). The van der Waals surface area contributed by atoms with Crippen LogP contribution >= 0.6 is 0 Å². The van der Waals surface area contributed by atoms with Gasteiger partial charge in [0.25, 0.3) is 0 Å². The van der Waals surface area contributed by atoms with Crippen LogP contribution in [0.1, 0.15) is 35.4 Å². The van der Waals surface area contributed by atoms with E-state index in [1.54, 1.807) is 6.20 Å². The van der Waals surface area contributed by atoms with Crippen molar-refractivity contribution in [1.82, 2.24) is 10.3 Å². The number of pyridine rings is 1. The lowest BCUT2D eigenvalue weighted by Gasteiger charge is -2.31. The van der Waals surface area contributed by atoms with Crippen LogP contribution in [-0.2, 0) is 11.3 Å². The van der Waals surface area contributed by atoms with Gasteiger partial charge in [0.1, 0.15) is 12.4 Å². The summed E-state index contributed by atoms with van der Waals surface area (Å²) in [6.45, 7) is 2.14. The number of nitrogens with zero attached hydrogens (tertiary/aromatic N) is 2. The fourth-order valence-corrected chi connectivity index (χ4v) is 4.73. The lowest BCUT2D eigenvalue weighted by Crippen LogP contribution is -2.38. The van der Waals surface area contributed by atoms with E-state index in [0.29, 0.717) is 19.7 Å². The van der Waals surface area contributed by atoms with Gasteiger partial charge in [-0.15, -0.1) is 0 Å². The van der Waals surface area contributed by atoms with E-state index in [1.807, 2.05) is 36.4 Å². The van der Waals surface area contributed by atoms with Gasteiger partial charge in [0, 0.05) is 31.7 Å². The van der Waals surface area contributed by atoms with E-state index in [9.17, 15) is 9.90 Å². The zero-order valence-corrected chi connectivity index (χ0v) is 17.9. The number of rotatable bonds is 5. The molecule has 1 saturated heterocycles. The number of β-amino-alcohol motifs (C(OH)–C–C–N with tert-alkyl or cyclic N) is 1. The van der Waals surface area contributed by atoms with Crippen LogP contribution in [0.25, 0.3) is 11.1 Å². The van der Waals surface area contributed by atoms with E-state index in [0.717, 1.165) is 30.8 Å². The Morgan fingerprint density at radius 1 is 1.09 bits per heavy atom. The molecular weight excluding hydrogens is 402 g/mol. The van der Waals surface area contributed by atoms with Gasteiger partial charge in [0.05, 0.1) is 6.10 Å². The van der Waals surface area contributed by atoms with Crippen LogP contribution in [0.5, 0.6) is 0 Å². The summed E-state index contributed by atoms with van der Waals surface area (Å²) in [6.07, 6.45) is 2.78. The van der Waals surface area contributed by atoms with Gasteiger partial charge in [-0.05, 0) is 52.8 Å². The van der Waals surface area contributed by atoms with Crippen molar-refractivity contribution in [3.63, 3.8) is 0 Å². The molecule has 2 N–H and O–H groups in total. The molecule has 3 aromatic rings. The quantitative estimate of drug-likeness (QED) is 0.639. The number of aliphatic hydroxyl groups is 1. The lowest BCUT2D eigenvalue weighted by molar-refractivity contribution is 0.142. The van der Waals surface area contributed by atoms with Crippen molar-refractivity contribution in [2.45, 2.75) is 31.4 Å². The highest BCUT2D eigenvalue weighted by Gasteiger charge is 2.29. The zero-order chi connectivity index (χ0) is 21.9. The number of hydrogen-bond acceptors (Lipinski definition) is 5. The highest BCUT2D eigenvalue weighted by atomic mass is 16.5. The Kier molecular flexibility index (Phi) is 5.77. The van der Waals surface area contributed by atoms with Crippen molar-refractivity contribution in [2.75, 3.05) is 24.6 Å². The Labute approximate surface area is 187 Å². The number of piperidine rings is 1. The summed E-state index contributed by atoms with van der Waals surface area (Å²) in [5.74, 6) is 0.877. The topological polar surface area (TPSA) is 74.7 Å². The molecule has 2 heterocycles. The minimum atomic E-state index is -0.432. The van der Waals surface area contributed by atoms with Crippen LogP contribution in [0.2, 0.25) is 0 Å². The summed E-state index contributed by atoms with van der Waals surface area (Å²) in [5, 5.41) is 12.8. The molecule has 1 unspecified atom stereocenters. The molecule has 32 heavy (non-hydrogen) atoms. The van der Waals surface area contributed by atoms with Gasteiger partial charge >= 0.3 is 6.09 Å². The van der Waals surface area contributed by atoms with Crippen LogP contribution in [0.15, 0.2) is 66.9 Å². The predicted molar refractivity (Wildman–Crippen MR) is 124 cm³/mol. The van der Waals surface area contributed by atoms with E-state index in [2.05, 4.69) is 39.5 Å². The molecule has 0 spiro atoms. The van der Waals surface area contributed by atoms with Crippen molar-refractivity contribution >= 4 is 11.9 Å². The molecule has 0 saturated carbocycles. The van der Waals surface area contributed by atoms with Crippen LogP contribution in [-0.4, -0.2) is 42.0 Å². The third kappa shape index (κ3) is 4.18. The molecule has 6 nitrogen and oxygen atoms in total. The van der Waals surface area contributed by atoms with Gasteiger partial charge < -0.3 is 20.1 Å². The molecule has 0 radical (unpaired) electrons. The second-order valence-electron chi connectivity index (χ2n) is 8.44. The Hall–Kier alpha value is -3.38. The normalized spacial score (nSPS) is 17.5. The Morgan fingerprint density at radius 3 is 2.53 bits per heavy atom. The summed E-state index contributed by atoms with van der Waals surface area (Å²) >= 11 is 0. The first kappa shape index (κ1) is 20.5. The summed E-state index contributed by atoms with van der Waals surface area (Å²) < 4.78 is 5.61. The van der Waals surface area contributed by atoms with Crippen LogP contribution < -0.4 is 10.2 Å². The molecule has 1 aliphatic heterocycles. The largest absolute Gasteiger partial charge is 0.449 e. The van der Waals surface area contributed by atoms with E-state index in [4.69, 9.17) is 4.74 Å². The molecule has 6 heteroatoms. The van der Waals surface area contributed by atoms with Gasteiger partial charge in [0.2, 0.25) is 0 Å². The van der Waals surface area contributed by atoms with Crippen molar-refractivity contribution in [1.29, 1.82) is 0 Å². The zero-order valence-electron chi connectivity index (χ0n) is 17.9. The number of anilines is 1. The van der Waals surface area contributed by atoms with Gasteiger partial charge in [-0.1, -0.05) is 48.5 Å². The predicted octanol–water partition coefficient (Wildman–Crippen LogP) is 4.08. The van der Waals surface area contributed by atoms with Crippen LogP contribution in [0.4, 0.5) is 10.6 Å². The Morgan fingerprint density at radius 2 is 1.81 bits per heavy atom. The number of hydrogen-bond donors (Lipinski definition) is 2. The van der Waals surface area contributed by atoms with Gasteiger partial charge in [-0.3, -0.25) is 0 Å². The first-order valence-electron chi connectivity index (χ1n) is 11.2. The van der Waals surface area contributed by atoms with Crippen molar-refractivity contribution in [3.8, 4) is 11.1 Å². The van der Waals surface area contributed by atoms with Crippen LogP contribution in [0.3, 0.4) is 0 Å². The summed E-state index contributed by atoms with van der Waals surface area (Å²) in [7, 11) is 0. The number of carbonyl (C=O) groups excluding carboxylic acids is 1. The van der Waals surface area contributed by atoms with Crippen molar-refractivity contribution < 1.29 is 14.6 Å². The molecule has 2 aliphatic rings. The molecule has 1 fully saturated rings. The fraction of sp³-hybridized carbons (Fsp3) is 0.308. The SMILES string of the molecule is O=C(NCc1ccnc(N2CCCC(O)C2)c1)OCC1c2ccccc2-c2ccccc21. The van der Waals surface area contributed by atoms with Crippen molar-refractivity contribution in [3.05, 3.63) is 83.6 Å². The van der Waals surface area contributed by atoms with Crippen LogP contribution in [0, 0.1) is 0 Å². The Bertz CT molecular complexity index is 1070. The van der Waals surface area contributed by atoms with E-state index in [-0.39, 0.29) is 12.0 Å². The molecular formula is C26H27N3O3. The van der Waals surface area contributed by atoms with Gasteiger partial charge in [-0.25, -0.2) is 9.78 Å². The number of nitrogens with one attached hydrogen (secondary N) is 1. The third-order valence-electron chi connectivity index (χ3n) is 6.31. The van der Waals surface area contributed by atoms with E-state index in [1.165, 1.54) is 22.3 Å². The highest BCUT2D eigenvalue weighted by molar-refractivity contribution is 5.79. The van der Waals surface area contributed by atoms with E-state index >= 15 is 0 Å².